The van der Waals surface area contributed by atoms with E-state index in [4.69, 9.17) is 4.42 Å². The Morgan fingerprint density at radius 2 is 1.85 bits per heavy atom. The van der Waals surface area contributed by atoms with Gasteiger partial charge in [-0.15, -0.1) is 0 Å². The first-order valence-electron chi connectivity index (χ1n) is 4.56. The van der Waals surface area contributed by atoms with Crippen molar-refractivity contribution in [1.82, 2.24) is 4.98 Å². The van der Waals surface area contributed by atoms with Gasteiger partial charge in [0, 0.05) is 11.3 Å². The number of nitrogens with one attached hydrogen (secondary N) is 1. The first kappa shape index (κ1) is 10.1. The number of rotatable bonds is 1. The van der Waals surface area contributed by atoms with Gasteiger partial charge in [-0.05, 0) is 0 Å². The van der Waals surface area contributed by atoms with Crippen molar-refractivity contribution in [2.45, 2.75) is 46.0 Å². The predicted molar refractivity (Wildman–Crippen MR) is 52.1 cm³/mol. The van der Waals surface area contributed by atoms with Crippen LogP contribution in [0.3, 0.4) is 0 Å². The van der Waals surface area contributed by atoms with Gasteiger partial charge in [-0.2, -0.15) is 0 Å². The van der Waals surface area contributed by atoms with Gasteiger partial charge in [0.2, 0.25) is 0 Å². The van der Waals surface area contributed by atoms with Gasteiger partial charge < -0.3 is 4.42 Å². The predicted octanol–water partition coefficient (Wildman–Crippen LogP) is 2.39. The zero-order valence-corrected chi connectivity index (χ0v) is 8.89. The van der Waals surface area contributed by atoms with Crippen LogP contribution in [0.4, 0.5) is 0 Å². The molecule has 0 spiro atoms. The van der Waals surface area contributed by atoms with Crippen molar-refractivity contribution in [3.05, 3.63) is 22.0 Å². The Morgan fingerprint density at radius 1 is 1.31 bits per heavy atom. The van der Waals surface area contributed by atoms with Gasteiger partial charge >= 0.3 is 5.76 Å². The minimum atomic E-state index is -0.353. The molecule has 74 valence electrons. The van der Waals surface area contributed by atoms with Crippen LogP contribution in [0.5, 0.6) is 0 Å². The first-order valence-corrected chi connectivity index (χ1v) is 4.56. The largest absolute Gasteiger partial charge is 0.416 e. The molecule has 13 heavy (non-hydrogen) atoms. The van der Waals surface area contributed by atoms with Crippen LogP contribution in [0.15, 0.2) is 9.21 Å². The van der Waals surface area contributed by atoms with E-state index in [0.29, 0.717) is 0 Å². The lowest BCUT2D eigenvalue weighted by molar-refractivity contribution is 0.440. The summed E-state index contributed by atoms with van der Waals surface area (Å²) in [6.07, 6.45) is 0. The smallest absolute Gasteiger partial charge is 0.412 e. The fourth-order valence-corrected chi connectivity index (χ4v) is 1.30. The van der Waals surface area contributed by atoms with E-state index >= 15 is 0 Å². The van der Waals surface area contributed by atoms with Gasteiger partial charge in [-0.1, -0.05) is 34.6 Å². The van der Waals surface area contributed by atoms with Crippen molar-refractivity contribution in [1.29, 1.82) is 0 Å². The minimum absolute atomic E-state index is 0.0637. The number of aromatic nitrogens is 1. The highest BCUT2D eigenvalue weighted by atomic mass is 16.4. The van der Waals surface area contributed by atoms with Crippen LogP contribution in [0.2, 0.25) is 0 Å². The quantitative estimate of drug-likeness (QED) is 0.726. The Labute approximate surface area is 78.2 Å². The fourth-order valence-electron chi connectivity index (χ4n) is 1.30. The molecule has 0 bridgehead atoms. The third kappa shape index (κ3) is 2.02. The maximum Gasteiger partial charge on any atom is 0.416 e. The standard InChI is InChI=1S/C10H17NO2/c1-6(2)7-8(10(3,4)5)11-9(12)13-7/h6H,1-5H3,(H,11,12). The molecule has 0 aliphatic heterocycles. The lowest BCUT2D eigenvalue weighted by atomic mass is 9.89. The average Bonchev–Trinajstić information content (AvgIpc) is 2.29. The SMILES string of the molecule is CC(C)c1oc(=O)[nH]c1C(C)(C)C. The molecule has 3 heteroatoms. The molecule has 1 aromatic rings. The average molecular weight is 183 g/mol. The first-order chi connectivity index (χ1) is 5.82. The van der Waals surface area contributed by atoms with Crippen LogP contribution >= 0.6 is 0 Å². The van der Waals surface area contributed by atoms with Gasteiger partial charge in [0.1, 0.15) is 5.76 Å². The Hall–Kier alpha value is -0.990. The van der Waals surface area contributed by atoms with Crippen molar-refractivity contribution in [3.8, 4) is 0 Å². The van der Waals surface area contributed by atoms with Crippen LogP contribution in [-0.4, -0.2) is 4.98 Å². The van der Waals surface area contributed by atoms with E-state index in [0.717, 1.165) is 11.5 Å². The third-order valence-electron chi connectivity index (χ3n) is 1.95. The van der Waals surface area contributed by atoms with Crippen LogP contribution in [0.1, 0.15) is 52.0 Å². The molecule has 0 fully saturated rings. The van der Waals surface area contributed by atoms with Crippen molar-refractivity contribution in [3.63, 3.8) is 0 Å². The van der Waals surface area contributed by atoms with E-state index in [1.807, 2.05) is 13.8 Å². The third-order valence-corrected chi connectivity index (χ3v) is 1.95. The highest BCUT2D eigenvalue weighted by molar-refractivity contribution is 5.19. The molecule has 0 aromatic carbocycles. The molecular formula is C10H17NO2. The van der Waals surface area contributed by atoms with E-state index in [1.54, 1.807) is 0 Å². The summed E-state index contributed by atoms with van der Waals surface area (Å²) >= 11 is 0. The van der Waals surface area contributed by atoms with Crippen LogP contribution in [0.25, 0.3) is 0 Å². The molecule has 0 aliphatic rings. The molecule has 0 aliphatic carbocycles. The maximum absolute atomic E-state index is 11.0. The number of aromatic amines is 1. The summed E-state index contributed by atoms with van der Waals surface area (Å²) < 4.78 is 5.09. The Kier molecular flexibility index (Phi) is 2.37. The van der Waals surface area contributed by atoms with Crippen LogP contribution in [-0.2, 0) is 5.41 Å². The van der Waals surface area contributed by atoms with E-state index in [-0.39, 0.29) is 17.1 Å². The van der Waals surface area contributed by atoms with Crippen molar-refractivity contribution in [2.24, 2.45) is 0 Å². The summed E-state index contributed by atoms with van der Waals surface area (Å²) in [6.45, 7) is 10.2. The molecular weight excluding hydrogens is 166 g/mol. The Morgan fingerprint density at radius 3 is 2.15 bits per heavy atom. The second kappa shape index (κ2) is 3.05. The molecule has 3 nitrogen and oxygen atoms in total. The molecule has 1 heterocycles. The number of H-pyrrole nitrogens is 1. The Bertz CT molecular complexity index is 339. The zero-order valence-electron chi connectivity index (χ0n) is 8.89. The summed E-state index contributed by atoms with van der Waals surface area (Å²) in [7, 11) is 0. The highest BCUT2D eigenvalue weighted by Crippen LogP contribution is 2.27. The molecule has 1 aromatic heterocycles. The number of hydrogen-bond donors (Lipinski definition) is 1. The lowest BCUT2D eigenvalue weighted by Gasteiger charge is -2.18. The van der Waals surface area contributed by atoms with Gasteiger partial charge in [0.15, 0.2) is 0 Å². The normalized spacial score (nSPS) is 12.5. The van der Waals surface area contributed by atoms with Gasteiger partial charge in [0.05, 0.1) is 5.69 Å². The number of oxazole rings is 1. The summed E-state index contributed by atoms with van der Waals surface area (Å²) in [6, 6.07) is 0. The van der Waals surface area contributed by atoms with Gasteiger partial charge in [0.25, 0.3) is 0 Å². The topological polar surface area (TPSA) is 46.0 Å². The Balaban J connectivity index is 3.28. The van der Waals surface area contributed by atoms with Crippen molar-refractivity contribution in [2.75, 3.05) is 0 Å². The number of hydrogen-bond acceptors (Lipinski definition) is 2. The van der Waals surface area contributed by atoms with Crippen LogP contribution in [0, 0.1) is 0 Å². The second-order valence-electron chi connectivity index (χ2n) is 4.66. The molecule has 1 rings (SSSR count). The highest BCUT2D eigenvalue weighted by Gasteiger charge is 2.24. The van der Waals surface area contributed by atoms with E-state index in [9.17, 15) is 4.79 Å². The van der Waals surface area contributed by atoms with E-state index in [2.05, 4.69) is 25.8 Å². The van der Waals surface area contributed by atoms with Gasteiger partial charge in [-0.25, -0.2) is 4.79 Å². The molecule has 0 radical (unpaired) electrons. The fraction of sp³-hybridized carbons (Fsp3) is 0.700. The van der Waals surface area contributed by atoms with Crippen molar-refractivity contribution < 1.29 is 4.42 Å². The second-order valence-corrected chi connectivity index (χ2v) is 4.66. The molecule has 1 N–H and O–H groups in total. The lowest BCUT2D eigenvalue weighted by Crippen LogP contribution is -2.15. The zero-order chi connectivity index (χ0) is 10.2. The summed E-state index contributed by atoms with van der Waals surface area (Å²) in [5.41, 5.74) is 0.846. The molecule has 0 amide bonds. The molecule has 0 atom stereocenters. The van der Waals surface area contributed by atoms with Gasteiger partial charge in [-0.3, -0.25) is 4.98 Å². The minimum Gasteiger partial charge on any atom is -0.412 e. The van der Waals surface area contributed by atoms with E-state index in [1.165, 1.54) is 0 Å². The van der Waals surface area contributed by atoms with Crippen LogP contribution < -0.4 is 5.76 Å². The van der Waals surface area contributed by atoms with E-state index < -0.39 is 0 Å². The maximum atomic E-state index is 11.0. The van der Waals surface area contributed by atoms with Crippen molar-refractivity contribution >= 4 is 0 Å². The summed E-state index contributed by atoms with van der Waals surface area (Å²) in [4.78, 5) is 13.8. The molecule has 0 unspecified atom stereocenters. The molecule has 0 saturated carbocycles. The summed E-state index contributed by atoms with van der Waals surface area (Å²) in [5, 5.41) is 0. The summed E-state index contributed by atoms with van der Waals surface area (Å²) in [5.74, 6) is 0.666. The molecule has 0 saturated heterocycles. The monoisotopic (exact) mass is 183 g/mol.